The lowest BCUT2D eigenvalue weighted by Gasteiger charge is -2.47. The molecular formula is C25H29Cl2F3N6O. The van der Waals surface area contributed by atoms with Crippen LogP contribution in [0.4, 0.5) is 19.0 Å². The number of aliphatic hydroxyl groups is 1. The number of rotatable bonds is 6. The number of anilines is 1. The number of benzene rings is 1. The molecule has 200 valence electrons. The summed E-state index contributed by atoms with van der Waals surface area (Å²) in [6, 6.07) is 4.24. The van der Waals surface area contributed by atoms with Gasteiger partial charge in [-0.2, -0.15) is 18.3 Å². The molecular weight excluding hydrogens is 528 g/mol. The number of likely N-dealkylation sites (tertiary alicyclic amines) is 1. The minimum absolute atomic E-state index is 0.0626. The van der Waals surface area contributed by atoms with Crippen molar-refractivity contribution in [1.82, 2.24) is 24.6 Å². The first-order valence-corrected chi connectivity index (χ1v) is 13.2. The maximum atomic E-state index is 13.8. The molecule has 2 aliphatic heterocycles. The van der Waals surface area contributed by atoms with Crippen molar-refractivity contribution < 1.29 is 18.3 Å². The van der Waals surface area contributed by atoms with Gasteiger partial charge in [-0.15, -0.1) is 0 Å². The molecule has 0 amide bonds. The number of hydrogen-bond donors (Lipinski definition) is 1. The van der Waals surface area contributed by atoms with Crippen molar-refractivity contribution in [3.8, 4) is 0 Å². The molecule has 3 atom stereocenters. The first-order valence-electron chi connectivity index (χ1n) is 12.4. The highest BCUT2D eigenvalue weighted by Gasteiger charge is 2.40. The van der Waals surface area contributed by atoms with E-state index >= 15 is 0 Å². The molecule has 7 nitrogen and oxygen atoms in total. The van der Waals surface area contributed by atoms with E-state index in [-0.39, 0.29) is 17.3 Å². The maximum Gasteiger partial charge on any atom is 0.437 e. The van der Waals surface area contributed by atoms with Crippen LogP contribution in [-0.2, 0) is 6.18 Å². The second kappa shape index (κ2) is 10.2. The summed E-state index contributed by atoms with van der Waals surface area (Å²) in [6.45, 7) is 7.70. The van der Waals surface area contributed by atoms with E-state index < -0.39 is 17.9 Å². The highest BCUT2D eigenvalue weighted by atomic mass is 35.5. The van der Waals surface area contributed by atoms with Gasteiger partial charge in [0.2, 0.25) is 0 Å². The number of hydrogen-bond acceptors (Lipinski definition) is 6. The number of aliphatic hydroxyl groups excluding tert-OH is 1. The SMILES string of the molecule is CC(O)CN1CCC[C@H](C2CN(c3cnc4c(C(F)(F)F)nn(C(C)c5ccc(Cl)cc5Cl)c4n3)C2)C1. The Morgan fingerprint density at radius 2 is 1.89 bits per heavy atom. The lowest BCUT2D eigenvalue weighted by Crippen LogP contribution is -2.54. The van der Waals surface area contributed by atoms with Gasteiger partial charge in [0.1, 0.15) is 11.3 Å². The molecule has 5 rings (SSSR count). The molecule has 4 heterocycles. The second-order valence-corrected chi connectivity index (χ2v) is 11.1. The van der Waals surface area contributed by atoms with E-state index in [1.54, 1.807) is 32.0 Å². The van der Waals surface area contributed by atoms with E-state index in [1.165, 1.54) is 10.9 Å². The fourth-order valence-corrected chi connectivity index (χ4v) is 6.06. The van der Waals surface area contributed by atoms with E-state index in [1.807, 2.05) is 0 Å². The number of piperidine rings is 1. The molecule has 37 heavy (non-hydrogen) atoms. The van der Waals surface area contributed by atoms with Crippen LogP contribution in [0.25, 0.3) is 11.2 Å². The Labute approximate surface area is 223 Å². The molecule has 2 aromatic heterocycles. The molecule has 2 fully saturated rings. The van der Waals surface area contributed by atoms with Crippen molar-refractivity contribution in [3.05, 3.63) is 45.7 Å². The van der Waals surface area contributed by atoms with Crippen molar-refractivity contribution in [1.29, 1.82) is 0 Å². The predicted molar refractivity (Wildman–Crippen MR) is 137 cm³/mol. The summed E-state index contributed by atoms with van der Waals surface area (Å²) in [6.07, 6.45) is -1.38. The van der Waals surface area contributed by atoms with E-state index in [0.717, 1.165) is 39.0 Å². The third-order valence-electron chi connectivity index (χ3n) is 7.40. The fraction of sp³-hybridized carbons (Fsp3) is 0.560. The summed E-state index contributed by atoms with van der Waals surface area (Å²) in [5, 5.41) is 14.4. The van der Waals surface area contributed by atoms with Gasteiger partial charge in [-0.3, -0.25) is 0 Å². The number of halogens is 5. The summed E-state index contributed by atoms with van der Waals surface area (Å²) < 4.78 is 42.7. The van der Waals surface area contributed by atoms with Gasteiger partial charge in [-0.25, -0.2) is 14.6 Å². The first-order chi connectivity index (χ1) is 17.5. The van der Waals surface area contributed by atoms with Gasteiger partial charge < -0.3 is 14.9 Å². The topological polar surface area (TPSA) is 70.3 Å². The molecule has 0 aliphatic carbocycles. The average Bonchev–Trinajstić information content (AvgIpc) is 3.17. The van der Waals surface area contributed by atoms with Gasteiger partial charge in [0.15, 0.2) is 11.3 Å². The summed E-state index contributed by atoms with van der Waals surface area (Å²) in [7, 11) is 0. The van der Waals surface area contributed by atoms with Gasteiger partial charge in [-0.1, -0.05) is 29.3 Å². The van der Waals surface area contributed by atoms with Crippen molar-refractivity contribution >= 4 is 40.2 Å². The quantitative estimate of drug-likeness (QED) is 0.444. The van der Waals surface area contributed by atoms with Crippen LogP contribution in [0.1, 0.15) is 44.0 Å². The summed E-state index contributed by atoms with van der Waals surface area (Å²) in [4.78, 5) is 13.1. The van der Waals surface area contributed by atoms with Crippen LogP contribution in [0.5, 0.6) is 0 Å². The molecule has 3 aromatic rings. The molecule has 0 radical (unpaired) electrons. The Kier molecular flexibility index (Phi) is 7.30. The third-order valence-corrected chi connectivity index (χ3v) is 7.97. The molecule has 1 aromatic carbocycles. The first kappa shape index (κ1) is 26.5. The minimum Gasteiger partial charge on any atom is -0.392 e. The van der Waals surface area contributed by atoms with Crippen molar-refractivity contribution in [2.45, 2.75) is 45.0 Å². The number of nitrogens with zero attached hydrogens (tertiary/aromatic N) is 6. The molecule has 0 saturated carbocycles. The van der Waals surface area contributed by atoms with E-state index in [4.69, 9.17) is 23.2 Å². The Morgan fingerprint density at radius 3 is 2.57 bits per heavy atom. The largest absolute Gasteiger partial charge is 0.437 e. The molecule has 2 unspecified atom stereocenters. The standard InChI is InChI=1S/C25H29Cl2F3N6O/c1-14(37)10-34-7-3-4-16(11-34)17-12-35(13-17)21-9-31-22-23(25(28,29)30)33-36(24(22)32-21)15(2)19-6-5-18(26)8-20(19)27/h5-6,8-9,14-17,37H,3-4,7,10-13H2,1-2H3/t14?,15?,16-/m0/s1. The van der Waals surface area contributed by atoms with Gasteiger partial charge in [0.25, 0.3) is 0 Å². The zero-order valence-electron chi connectivity index (χ0n) is 20.6. The molecule has 0 spiro atoms. The lowest BCUT2D eigenvalue weighted by molar-refractivity contribution is -0.140. The van der Waals surface area contributed by atoms with Crippen molar-refractivity contribution in [2.24, 2.45) is 11.8 Å². The molecule has 2 saturated heterocycles. The molecule has 2 aliphatic rings. The molecule has 1 N–H and O–H groups in total. The van der Waals surface area contributed by atoms with E-state index in [9.17, 15) is 18.3 Å². The van der Waals surface area contributed by atoms with Gasteiger partial charge >= 0.3 is 6.18 Å². The number of alkyl halides is 3. The van der Waals surface area contributed by atoms with Crippen LogP contribution in [0.3, 0.4) is 0 Å². The summed E-state index contributed by atoms with van der Waals surface area (Å²) in [5.41, 5.74) is -0.710. The number of β-amino-alcohol motifs (C(OH)–C–C–N with tert-alkyl or cyclic N) is 1. The lowest BCUT2D eigenvalue weighted by atomic mass is 9.80. The predicted octanol–water partition coefficient (Wildman–Crippen LogP) is 5.29. The molecule has 12 heteroatoms. The molecule has 0 bridgehead atoms. The van der Waals surface area contributed by atoms with Crippen LogP contribution in [0.15, 0.2) is 24.4 Å². The highest BCUT2D eigenvalue weighted by molar-refractivity contribution is 6.35. The minimum atomic E-state index is -4.68. The Hall–Kier alpha value is -2.14. The third kappa shape index (κ3) is 5.39. The van der Waals surface area contributed by atoms with Gasteiger partial charge in [0, 0.05) is 36.2 Å². The summed E-state index contributed by atoms with van der Waals surface area (Å²) >= 11 is 12.4. The van der Waals surface area contributed by atoms with Crippen LogP contribution < -0.4 is 4.90 Å². The smallest absolute Gasteiger partial charge is 0.392 e. The van der Waals surface area contributed by atoms with Gasteiger partial charge in [0.05, 0.1) is 18.3 Å². The Balaban J connectivity index is 1.40. The maximum absolute atomic E-state index is 13.8. The number of fused-ring (bicyclic) bond motifs is 1. The van der Waals surface area contributed by atoms with Gasteiger partial charge in [-0.05, 0) is 62.8 Å². The van der Waals surface area contributed by atoms with Crippen LogP contribution >= 0.6 is 23.2 Å². The zero-order valence-corrected chi connectivity index (χ0v) is 22.1. The van der Waals surface area contributed by atoms with Crippen LogP contribution in [0.2, 0.25) is 10.0 Å². The summed E-state index contributed by atoms with van der Waals surface area (Å²) in [5.74, 6) is 1.52. The van der Waals surface area contributed by atoms with Crippen LogP contribution in [0, 0.1) is 11.8 Å². The Morgan fingerprint density at radius 1 is 1.14 bits per heavy atom. The average molecular weight is 557 g/mol. The van der Waals surface area contributed by atoms with Crippen molar-refractivity contribution in [2.75, 3.05) is 37.6 Å². The normalized spacial score (nSPS) is 21.3. The Bertz CT molecular complexity index is 1280. The highest BCUT2D eigenvalue weighted by Crippen LogP contribution is 2.38. The number of aromatic nitrogens is 4. The fourth-order valence-electron chi connectivity index (χ4n) is 5.50. The zero-order chi connectivity index (χ0) is 26.5. The monoisotopic (exact) mass is 556 g/mol. The van der Waals surface area contributed by atoms with E-state index in [0.29, 0.717) is 39.8 Å². The van der Waals surface area contributed by atoms with Crippen LogP contribution in [-0.4, -0.2) is 68.6 Å². The second-order valence-electron chi connectivity index (χ2n) is 10.2. The van der Waals surface area contributed by atoms with E-state index in [2.05, 4.69) is 24.9 Å². The van der Waals surface area contributed by atoms with Crippen molar-refractivity contribution in [3.63, 3.8) is 0 Å².